The van der Waals surface area contributed by atoms with Crippen molar-refractivity contribution in [2.45, 2.75) is 115 Å². The van der Waals surface area contributed by atoms with Crippen molar-refractivity contribution < 1.29 is 83.7 Å². The first-order valence-corrected chi connectivity index (χ1v) is 39.8. The molecule has 13 rings (SSSR count). The molecule has 2 saturated carbocycles. The van der Waals surface area contributed by atoms with Crippen LogP contribution in [0.3, 0.4) is 0 Å². The van der Waals surface area contributed by atoms with Crippen LogP contribution in [0.1, 0.15) is 115 Å². The summed E-state index contributed by atoms with van der Waals surface area (Å²) in [6.07, 6.45) is 5.78. The summed E-state index contributed by atoms with van der Waals surface area (Å²) in [5.41, 5.74) is 3.75. The standard InChI is InChI=1S/C82H92N4O18Si2/c1-47-21-29-55(30-22-47)101-65-39-59-69-60(78(88)85(77(59)87)63(43-93-7)81(91)83(5)53-19-15-17-51(37-53)45-105(95-9,96-10)97-11)41-67(103-57-33-25-49(3)26-34-57)73-74-68(104-58-35-27-50(4)28-36-58)42-62-70-61(40-66(72(76(70)74)71(65)75(69)73)102-56-31-23-48(2)24-32-56)79(89)86(80(62)90)64(44-94-8)82(92)84(6)54-20-16-18-52(38-54)46-106(98-12,99-13)100-14/h21-36,39-42,51-54,63-64H,15-20,37-38,43-46H2,1-14H3. The summed E-state index contributed by atoms with van der Waals surface area (Å²) in [7, 11) is 9.69. The molecule has 106 heavy (non-hydrogen) atoms. The number of hydrogen-bond acceptors (Lipinski definition) is 18. The lowest BCUT2D eigenvalue weighted by Gasteiger charge is -2.41. The Labute approximate surface area is 619 Å². The number of rotatable bonds is 28. The Hall–Kier alpha value is -9.19. The average molecular weight is 1480 g/mol. The highest BCUT2D eigenvalue weighted by molar-refractivity contribution is 6.61. The van der Waals surface area contributed by atoms with E-state index in [9.17, 15) is 0 Å². The van der Waals surface area contributed by atoms with Gasteiger partial charge in [-0.25, -0.2) is 0 Å². The van der Waals surface area contributed by atoms with Crippen LogP contribution < -0.4 is 18.9 Å². The van der Waals surface area contributed by atoms with Crippen LogP contribution in [0, 0.1) is 39.5 Å². The molecule has 9 aromatic rings. The van der Waals surface area contributed by atoms with Crippen molar-refractivity contribution in [3.63, 3.8) is 0 Å². The number of benzene rings is 9. The molecule has 6 atom stereocenters. The van der Waals surface area contributed by atoms with Gasteiger partial charge in [0.25, 0.3) is 23.6 Å². The van der Waals surface area contributed by atoms with Crippen LogP contribution in [0.2, 0.25) is 12.1 Å². The fraction of sp³-hybridized carbons (Fsp3) is 0.390. The quantitative estimate of drug-likeness (QED) is 0.0192. The second-order valence-corrected chi connectivity index (χ2v) is 34.5. The predicted octanol–water partition coefficient (Wildman–Crippen LogP) is 15.2. The maximum absolute atomic E-state index is 16.4. The molecule has 6 amide bonds. The topological polar surface area (TPSA) is 226 Å². The minimum absolute atomic E-state index is 0.00222. The number of imide groups is 2. The molecule has 0 N–H and O–H groups in total. The van der Waals surface area contributed by atoms with Crippen LogP contribution in [0.15, 0.2) is 121 Å². The van der Waals surface area contributed by atoms with Gasteiger partial charge in [0.05, 0.1) is 35.5 Å². The summed E-state index contributed by atoms with van der Waals surface area (Å²) < 4.78 is 75.7. The smallest absolute Gasteiger partial charge is 0.457 e. The van der Waals surface area contributed by atoms with Crippen LogP contribution in [-0.4, -0.2) is 181 Å². The molecular weight excluding hydrogens is 1390 g/mol. The van der Waals surface area contributed by atoms with Gasteiger partial charge in [-0.05, 0) is 138 Å². The van der Waals surface area contributed by atoms with Crippen molar-refractivity contribution in [1.82, 2.24) is 19.6 Å². The molecule has 0 spiro atoms. The zero-order valence-electron chi connectivity index (χ0n) is 62.6. The molecule has 9 aromatic carbocycles. The SMILES string of the molecule is COCC(C(=O)N(C)C1CCCC(C[Si](OC)(OC)OC)C1)N1C(=O)c2cc(Oc3ccc(C)cc3)c3c4c(Oc5ccc(C)cc5)cc5c6c(cc(Oc7ccc(C)cc7)c(c7c(Oc8ccc(C)cc8)cc(c2c37)C1=O)c64)C(=O)N(C(COC)C(=O)N(C)C1CCCC(C[Si](OC)(OC)OC)C1)C5=O. The van der Waals surface area contributed by atoms with Crippen LogP contribution in [0.5, 0.6) is 46.0 Å². The highest BCUT2D eigenvalue weighted by atomic mass is 28.4. The Balaban J connectivity index is 1.08. The number of aryl methyl sites for hydroxylation is 4. The van der Waals surface area contributed by atoms with Gasteiger partial charge in [0.15, 0.2) is 0 Å². The third kappa shape index (κ3) is 13.9. The van der Waals surface area contributed by atoms with Gasteiger partial charge in [-0.3, -0.25) is 38.6 Å². The number of carbonyl (C=O) groups excluding carboxylic acids is 6. The van der Waals surface area contributed by atoms with Gasteiger partial charge in [0, 0.05) is 138 Å². The van der Waals surface area contributed by atoms with Crippen molar-refractivity contribution in [2.24, 2.45) is 11.8 Å². The van der Waals surface area contributed by atoms with E-state index in [4.69, 9.17) is 55.0 Å². The van der Waals surface area contributed by atoms with E-state index in [1.807, 2.05) is 76.2 Å². The summed E-state index contributed by atoms with van der Waals surface area (Å²) in [5.74, 6) is -2.32. The summed E-state index contributed by atoms with van der Waals surface area (Å²) in [6.45, 7) is 7.08. The molecular formula is C82H92N4O18Si2. The molecule has 22 nitrogen and oxygen atoms in total. The van der Waals surface area contributed by atoms with Crippen molar-refractivity contribution in [2.75, 3.05) is 84.2 Å². The van der Waals surface area contributed by atoms with Gasteiger partial charge in [0.2, 0.25) is 11.8 Å². The third-order valence-corrected chi connectivity index (χ3v) is 27.9. The van der Waals surface area contributed by atoms with Gasteiger partial charge in [0.1, 0.15) is 58.1 Å². The normalized spacial score (nSPS) is 18.3. The van der Waals surface area contributed by atoms with Gasteiger partial charge in [-0.2, -0.15) is 0 Å². The Morgan fingerprint density at radius 2 is 0.642 bits per heavy atom. The lowest BCUT2D eigenvalue weighted by Crippen LogP contribution is -2.57. The minimum Gasteiger partial charge on any atom is -0.457 e. The maximum atomic E-state index is 16.4. The Bertz CT molecular complexity index is 4290. The third-order valence-electron chi connectivity index (χ3n) is 22.0. The lowest BCUT2D eigenvalue weighted by atomic mass is 9.80. The molecule has 0 aromatic heterocycles. The molecule has 556 valence electrons. The number of methoxy groups -OCH3 is 2. The number of likely N-dealkylation sites (N-methyl/N-ethyl adjacent to an activating group) is 2. The highest BCUT2D eigenvalue weighted by Crippen LogP contribution is 2.58. The summed E-state index contributed by atoms with van der Waals surface area (Å²) in [4.78, 5) is 102. The van der Waals surface area contributed by atoms with Gasteiger partial charge in [-0.15, -0.1) is 0 Å². The number of hydrogen-bond donors (Lipinski definition) is 0. The Morgan fingerprint density at radius 3 is 0.877 bits per heavy atom. The highest BCUT2D eigenvalue weighted by Gasteiger charge is 2.50. The number of amides is 6. The largest absolute Gasteiger partial charge is 0.500 e. The van der Waals surface area contributed by atoms with Crippen LogP contribution in [0.4, 0.5) is 0 Å². The van der Waals surface area contributed by atoms with Crippen molar-refractivity contribution in [3.8, 4) is 46.0 Å². The second-order valence-electron chi connectivity index (χ2n) is 28.5. The van der Waals surface area contributed by atoms with E-state index in [1.165, 1.54) is 14.2 Å². The maximum Gasteiger partial charge on any atom is 0.500 e. The zero-order chi connectivity index (χ0) is 75.2. The van der Waals surface area contributed by atoms with E-state index >= 15 is 28.8 Å². The molecule has 0 radical (unpaired) electrons. The average Bonchev–Trinajstić information content (AvgIpc) is 0.670. The minimum atomic E-state index is -3.03. The van der Waals surface area contributed by atoms with E-state index in [2.05, 4.69) is 0 Å². The summed E-state index contributed by atoms with van der Waals surface area (Å²) >= 11 is 0. The summed E-state index contributed by atoms with van der Waals surface area (Å²) in [6, 6.07) is 33.3. The fourth-order valence-electron chi connectivity index (χ4n) is 16.3. The monoisotopic (exact) mass is 1480 g/mol. The van der Waals surface area contributed by atoms with Crippen LogP contribution in [-0.2, 0) is 45.6 Å². The Morgan fingerprint density at radius 1 is 0.387 bits per heavy atom. The van der Waals surface area contributed by atoms with Crippen LogP contribution in [0.25, 0.3) is 43.1 Å². The molecule has 0 saturated heterocycles. The molecule has 2 heterocycles. The van der Waals surface area contributed by atoms with Gasteiger partial charge >= 0.3 is 17.6 Å². The molecule has 2 aliphatic heterocycles. The molecule has 24 heteroatoms. The Kier molecular flexibility index (Phi) is 21.9. The predicted molar refractivity (Wildman–Crippen MR) is 405 cm³/mol. The molecule has 0 bridgehead atoms. The number of nitrogens with zero attached hydrogens (tertiary/aromatic N) is 4. The molecule has 2 fully saturated rings. The van der Waals surface area contributed by atoms with Gasteiger partial charge < -0.3 is 64.8 Å². The second kappa shape index (κ2) is 31.0. The van der Waals surface area contributed by atoms with Crippen molar-refractivity contribution in [1.29, 1.82) is 0 Å². The molecule has 2 aliphatic carbocycles. The molecule has 4 aliphatic rings. The van der Waals surface area contributed by atoms with E-state index in [0.29, 0.717) is 82.3 Å². The molecule has 6 unspecified atom stereocenters. The number of carbonyl (C=O) groups is 6. The van der Waals surface area contributed by atoms with Gasteiger partial charge in [-0.1, -0.05) is 96.5 Å². The number of ether oxygens (including phenoxy) is 6. The first kappa shape index (κ1) is 75.1. The van der Waals surface area contributed by atoms with E-state index < -0.39 is 65.1 Å². The first-order chi connectivity index (χ1) is 51.0. The van der Waals surface area contributed by atoms with Crippen LogP contribution >= 0.6 is 0 Å². The van der Waals surface area contributed by atoms with Crippen molar-refractivity contribution >= 4 is 96.1 Å². The van der Waals surface area contributed by atoms with E-state index in [-0.39, 0.29) is 104 Å². The lowest BCUT2D eigenvalue weighted by molar-refractivity contribution is -0.139. The van der Waals surface area contributed by atoms with Crippen molar-refractivity contribution in [3.05, 3.63) is 166 Å². The number of fused-ring (bicyclic) bond motifs is 2. The zero-order valence-corrected chi connectivity index (χ0v) is 64.6. The summed E-state index contributed by atoms with van der Waals surface area (Å²) in [5, 5.41) is 2.11. The first-order valence-electron chi connectivity index (χ1n) is 36.0. The van der Waals surface area contributed by atoms with E-state index in [0.717, 1.165) is 57.7 Å². The van der Waals surface area contributed by atoms with E-state index in [1.54, 1.807) is 139 Å². The fourth-order valence-corrected chi connectivity index (χ4v) is 20.5.